The molecular weight excluding hydrogens is 223 g/mol. The van der Waals surface area contributed by atoms with Crippen LogP contribution in [0.1, 0.15) is 13.3 Å². The van der Waals surface area contributed by atoms with Gasteiger partial charge in [-0.2, -0.15) is 4.98 Å². The molecule has 5 nitrogen and oxygen atoms in total. The Labute approximate surface area is 98.3 Å². The molecule has 2 heterocycles. The number of anilines is 1. The molecule has 0 spiro atoms. The van der Waals surface area contributed by atoms with Crippen LogP contribution in [0.25, 0.3) is 5.65 Å². The number of rotatable bonds is 5. The van der Waals surface area contributed by atoms with Crippen molar-refractivity contribution >= 4 is 11.6 Å². The molecule has 0 aliphatic heterocycles. The Morgan fingerprint density at radius 2 is 2.35 bits per heavy atom. The fourth-order valence-electron chi connectivity index (χ4n) is 1.52. The van der Waals surface area contributed by atoms with Crippen molar-refractivity contribution in [3.05, 3.63) is 24.1 Å². The lowest BCUT2D eigenvalue weighted by atomic mass is 10.1. The molecule has 6 heteroatoms. The third kappa shape index (κ3) is 2.91. The van der Waals surface area contributed by atoms with Gasteiger partial charge in [0.05, 0.1) is 6.20 Å². The molecule has 92 valence electrons. The van der Waals surface area contributed by atoms with Gasteiger partial charge in [0.1, 0.15) is 5.82 Å². The Bertz CT molecular complexity index is 499. The predicted octanol–water partition coefficient (Wildman–Crippen LogP) is 1.30. The Morgan fingerprint density at radius 1 is 1.53 bits per heavy atom. The summed E-state index contributed by atoms with van der Waals surface area (Å²) in [6, 6.07) is 2.92. The van der Waals surface area contributed by atoms with Crippen LogP contribution >= 0.6 is 0 Å². The number of nitrogens with one attached hydrogen (secondary N) is 1. The summed E-state index contributed by atoms with van der Waals surface area (Å²) in [6.07, 6.45) is 2.01. The number of halogens is 1. The molecule has 0 fully saturated rings. The molecule has 0 radical (unpaired) electrons. The second-order valence-corrected chi connectivity index (χ2v) is 4.08. The van der Waals surface area contributed by atoms with E-state index in [0.29, 0.717) is 24.1 Å². The number of pyridine rings is 1. The summed E-state index contributed by atoms with van der Waals surface area (Å²) < 4.78 is 14.3. The van der Waals surface area contributed by atoms with Gasteiger partial charge in [0.2, 0.25) is 5.95 Å². The van der Waals surface area contributed by atoms with Crippen LogP contribution in [0, 0.1) is 11.7 Å². The van der Waals surface area contributed by atoms with E-state index in [1.165, 1.54) is 16.8 Å². The number of aliphatic hydroxyl groups excluding tert-OH is 1. The lowest BCUT2D eigenvalue weighted by molar-refractivity contribution is 0.265. The van der Waals surface area contributed by atoms with Crippen LogP contribution in [0.5, 0.6) is 0 Å². The summed E-state index contributed by atoms with van der Waals surface area (Å²) in [5.74, 6) is 0.464. The zero-order valence-corrected chi connectivity index (χ0v) is 9.60. The van der Waals surface area contributed by atoms with Gasteiger partial charge in [-0.25, -0.2) is 8.91 Å². The van der Waals surface area contributed by atoms with E-state index in [9.17, 15) is 4.39 Å². The summed E-state index contributed by atoms with van der Waals surface area (Å²) >= 11 is 0. The molecule has 0 aliphatic rings. The Kier molecular flexibility index (Phi) is 3.53. The highest BCUT2D eigenvalue weighted by Crippen LogP contribution is 2.08. The van der Waals surface area contributed by atoms with Crippen LogP contribution in [0.15, 0.2) is 18.3 Å². The van der Waals surface area contributed by atoms with Gasteiger partial charge in [0.25, 0.3) is 0 Å². The van der Waals surface area contributed by atoms with Crippen molar-refractivity contribution in [1.29, 1.82) is 0 Å². The van der Waals surface area contributed by atoms with Crippen LogP contribution in [-0.2, 0) is 0 Å². The smallest absolute Gasteiger partial charge is 0.243 e. The number of nitrogens with zero attached hydrogens (tertiary/aromatic N) is 3. The van der Waals surface area contributed by atoms with E-state index in [4.69, 9.17) is 5.11 Å². The Morgan fingerprint density at radius 3 is 3.12 bits per heavy atom. The van der Waals surface area contributed by atoms with Crippen molar-refractivity contribution in [2.45, 2.75) is 13.3 Å². The van der Waals surface area contributed by atoms with Crippen molar-refractivity contribution in [2.75, 3.05) is 18.5 Å². The van der Waals surface area contributed by atoms with E-state index in [-0.39, 0.29) is 12.4 Å². The minimum atomic E-state index is -0.345. The highest BCUT2D eigenvalue weighted by molar-refractivity contribution is 5.42. The zero-order valence-electron chi connectivity index (χ0n) is 9.60. The molecule has 2 aromatic heterocycles. The lowest BCUT2D eigenvalue weighted by Gasteiger charge is -2.08. The number of aromatic nitrogens is 3. The topological polar surface area (TPSA) is 62.5 Å². The molecule has 0 aliphatic carbocycles. The van der Waals surface area contributed by atoms with Crippen molar-refractivity contribution in [3.8, 4) is 0 Å². The first kappa shape index (κ1) is 11.8. The quantitative estimate of drug-likeness (QED) is 0.824. The lowest BCUT2D eigenvalue weighted by Crippen LogP contribution is -2.13. The Balaban J connectivity index is 2.04. The average molecular weight is 238 g/mol. The van der Waals surface area contributed by atoms with Gasteiger partial charge in [-0.05, 0) is 24.5 Å². The number of hydrogen-bond acceptors (Lipinski definition) is 4. The van der Waals surface area contributed by atoms with Crippen LogP contribution in [0.2, 0.25) is 0 Å². The molecule has 2 aromatic rings. The van der Waals surface area contributed by atoms with E-state index in [2.05, 4.69) is 15.4 Å². The minimum Gasteiger partial charge on any atom is -0.396 e. The van der Waals surface area contributed by atoms with Gasteiger partial charge in [-0.1, -0.05) is 6.92 Å². The van der Waals surface area contributed by atoms with Gasteiger partial charge in [0.15, 0.2) is 5.65 Å². The van der Waals surface area contributed by atoms with E-state index >= 15 is 0 Å². The molecule has 0 bridgehead atoms. The highest BCUT2D eigenvalue weighted by atomic mass is 19.1. The molecule has 0 aromatic carbocycles. The normalized spacial score (nSPS) is 12.9. The van der Waals surface area contributed by atoms with Gasteiger partial charge in [-0.15, -0.1) is 5.10 Å². The molecule has 0 saturated heterocycles. The molecule has 17 heavy (non-hydrogen) atoms. The third-order valence-electron chi connectivity index (χ3n) is 2.53. The molecule has 0 saturated carbocycles. The van der Waals surface area contributed by atoms with Gasteiger partial charge < -0.3 is 10.4 Å². The molecular formula is C11H15FN4O. The summed E-state index contributed by atoms with van der Waals surface area (Å²) in [5.41, 5.74) is 0.601. The molecule has 1 atom stereocenters. The predicted molar refractivity (Wildman–Crippen MR) is 62.3 cm³/mol. The van der Waals surface area contributed by atoms with Crippen LogP contribution in [-0.4, -0.2) is 32.9 Å². The van der Waals surface area contributed by atoms with Gasteiger partial charge >= 0.3 is 0 Å². The maximum absolute atomic E-state index is 12.9. The molecule has 1 unspecified atom stereocenters. The second-order valence-electron chi connectivity index (χ2n) is 4.08. The average Bonchev–Trinajstić information content (AvgIpc) is 2.68. The zero-order chi connectivity index (χ0) is 12.3. The molecule has 0 amide bonds. The largest absolute Gasteiger partial charge is 0.396 e. The van der Waals surface area contributed by atoms with Crippen LogP contribution in [0.4, 0.5) is 10.3 Å². The number of aliphatic hydroxyl groups is 1. The SMILES string of the molecule is CC(CCO)CNc1nc2ccc(F)cn2n1. The standard InChI is InChI=1S/C11H15FN4O/c1-8(4-5-17)6-13-11-14-10-3-2-9(12)7-16(10)15-11/h2-3,7-8,17H,4-6H2,1H3,(H,13,15). The van der Waals surface area contributed by atoms with E-state index in [1.807, 2.05) is 6.92 Å². The van der Waals surface area contributed by atoms with Gasteiger partial charge in [-0.3, -0.25) is 0 Å². The van der Waals surface area contributed by atoms with Crippen LogP contribution < -0.4 is 5.32 Å². The first-order valence-corrected chi connectivity index (χ1v) is 5.55. The maximum atomic E-state index is 12.9. The fourth-order valence-corrected chi connectivity index (χ4v) is 1.52. The summed E-state index contributed by atoms with van der Waals surface area (Å²) in [4.78, 5) is 4.20. The third-order valence-corrected chi connectivity index (χ3v) is 2.53. The van der Waals surface area contributed by atoms with Crippen molar-refractivity contribution in [3.63, 3.8) is 0 Å². The minimum absolute atomic E-state index is 0.173. The second kappa shape index (κ2) is 5.09. The first-order valence-electron chi connectivity index (χ1n) is 5.55. The highest BCUT2D eigenvalue weighted by Gasteiger charge is 2.06. The number of fused-ring (bicyclic) bond motifs is 1. The van der Waals surface area contributed by atoms with Crippen molar-refractivity contribution < 1.29 is 9.50 Å². The fraction of sp³-hybridized carbons (Fsp3) is 0.455. The van der Waals surface area contributed by atoms with E-state index in [0.717, 1.165) is 6.42 Å². The molecule has 2 N–H and O–H groups in total. The van der Waals surface area contributed by atoms with E-state index in [1.54, 1.807) is 6.07 Å². The number of hydrogen-bond donors (Lipinski definition) is 2. The van der Waals surface area contributed by atoms with Crippen molar-refractivity contribution in [2.24, 2.45) is 5.92 Å². The van der Waals surface area contributed by atoms with Crippen molar-refractivity contribution in [1.82, 2.24) is 14.6 Å². The Hall–Kier alpha value is -1.69. The summed E-state index contributed by atoms with van der Waals surface area (Å²) in [5, 5.41) is 15.9. The van der Waals surface area contributed by atoms with Gasteiger partial charge in [0, 0.05) is 13.2 Å². The molecule has 2 rings (SSSR count). The monoisotopic (exact) mass is 238 g/mol. The summed E-state index contributed by atoms with van der Waals surface area (Å²) in [7, 11) is 0. The van der Waals surface area contributed by atoms with Crippen LogP contribution in [0.3, 0.4) is 0 Å². The van der Waals surface area contributed by atoms with E-state index < -0.39 is 0 Å². The summed E-state index contributed by atoms with van der Waals surface area (Å²) in [6.45, 7) is 2.88. The maximum Gasteiger partial charge on any atom is 0.243 e. The first-order chi connectivity index (χ1) is 8.19.